The minimum absolute atomic E-state index is 0.269. The summed E-state index contributed by atoms with van der Waals surface area (Å²) in [6.07, 6.45) is 1.78. The van der Waals surface area contributed by atoms with Crippen LogP contribution in [0.25, 0.3) is 0 Å². The third-order valence-electron chi connectivity index (χ3n) is 4.29. The molecule has 7 heteroatoms. The van der Waals surface area contributed by atoms with Gasteiger partial charge in [-0.05, 0) is 24.9 Å². The minimum Gasteiger partial charge on any atom is -0.480 e. The Kier molecular flexibility index (Phi) is 7.02. The number of nitrogens with one attached hydrogen (secondary N) is 1. The van der Waals surface area contributed by atoms with Gasteiger partial charge in [-0.2, -0.15) is 0 Å². The SMILES string of the molecule is NC(=O)N1CCN(Cc2ccccc2)CC1.O=C(O)[C@@H]1CCCN1. The summed E-state index contributed by atoms with van der Waals surface area (Å²) in [4.78, 5) is 25.1. The molecule has 0 spiro atoms. The van der Waals surface area contributed by atoms with E-state index in [0.717, 1.165) is 52.1 Å². The summed E-state index contributed by atoms with van der Waals surface area (Å²) in [6, 6.07) is 9.80. The highest BCUT2D eigenvalue weighted by atomic mass is 16.4. The number of benzene rings is 1. The van der Waals surface area contributed by atoms with Crippen LogP contribution in [0.15, 0.2) is 30.3 Å². The molecule has 2 saturated heterocycles. The lowest BCUT2D eigenvalue weighted by atomic mass is 10.2. The number of carboxylic acid groups (broad SMARTS) is 1. The molecular weight excluding hydrogens is 308 g/mol. The normalized spacial score (nSPS) is 21.0. The summed E-state index contributed by atoms with van der Waals surface area (Å²) >= 11 is 0. The summed E-state index contributed by atoms with van der Waals surface area (Å²) in [5, 5.41) is 11.2. The minimum atomic E-state index is -0.720. The van der Waals surface area contributed by atoms with Crippen molar-refractivity contribution in [2.24, 2.45) is 5.73 Å². The first kappa shape index (κ1) is 18.2. The van der Waals surface area contributed by atoms with Gasteiger partial charge in [0, 0.05) is 32.7 Å². The van der Waals surface area contributed by atoms with Crippen LogP contribution >= 0.6 is 0 Å². The number of carboxylic acids is 1. The Bertz CT molecular complexity index is 524. The highest BCUT2D eigenvalue weighted by molar-refractivity contribution is 5.73. The first-order valence-electron chi connectivity index (χ1n) is 8.33. The van der Waals surface area contributed by atoms with Crippen molar-refractivity contribution in [3.63, 3.8) is 0 Å². The molecule has 24 heavy (non-hydrogen) atoms. The van der Waals surface area contributed by atoms with E-state index in [9.17, 15) is 9.59 Å². The van der Waals surface area contributed by atoms with Crippen LogP contribution in [0.5, 0.6) is 0 Å². The molecule has 132 valence electrons. The standard InChI is InChI=1S/C12H17N3O.C5H9NO2/c13-12(16)15-8-6-14(7-9-15)10-11-4-2-1-3-5-11;7-5(8)4-2-1-3-6-4/h1-5H,6-10H2,(H2,13,16);4,6H,1-3H2,(H,7,8)/t;4-/m.0/s1. The van der Waals surface area contributed by atoms with E-state index in [4.69, 9.17) is 10.8 Å². The lowest BCUT2D eigenvalue weighted by Gasteiger charge is -2.33. The third-order valence-corrected chi connectivity index (χ3v) is 4.29. The van der Waals surface area contributed by atoms with Gasteiger partial charge in [-0.15, -0.1) is 0 Å². The van der Waals surface area contributed by atoms with Crippen LogP contribution in [-0.4, -0.2) is 65.7 Å². The Morgan fingerprint density at radius 3 is 2.29 bits per heavy atom. The molecule has 1 aromatic carbocycles. The number of piperazine rings is 1. The molecular formula is C17H26N4O3. The predicted octanol–water partition coefficient (Wildman–Crippen LogP) is 0.706. The average Bonchev–Trinajstić information content (AvgIpc) is 3.12. The number of primary amides is 1. The van der Waals surface area contributed by atoms with Crippen molar-refractivity contribution < 1.29 is 14.7 Å². The zero-order valence-electron chi connectivity index (χ0n) is 13.9. The molecule has 0 radical (unpaired) electrons. The summed E-state index contributed by atoms with van der Waals surface area (Å²) in [6.45, 7) is 5.09. The van der Waals surface area contributed by atoms with E-state index < -0.39 is 5.97 Å². The van der Waals surface area contributed by atoms with Crippen LogP contribution in [0, 0.1) is 0 Å². The van der Waals surface area contributed by atoms with Crippen molar-refractivity contribution in [2.75, 3.05) is 32.7 Å². The van der Waals surface area contributed by atoms with Crippen LogP contribution in [0.3, 0.4) is 0 Å². The van der Waals surface area contributed by atoms with Gasteiger partial charge in [0.15, 0.2) is 0 Å². The fourth-order valence-corrected chi connectivity index (χ4v) is 2.86. The molecule has 1 atom stereocenters. The summed E-state index contributed by atoms with van der Waals surface area (Å²) < 4.78 is 0. The molecule has 2 fully saturated rings. The molecule has 7 nitrogen and oxygen atoms in total. The maximum atomic E-state index is 10.9. The number of urea groups is 1. The van der Waals surface area contributed by atoms with Gasteiger partial charge in [-0.25, -0.2) is 4.79 Å². The highest BCUT2D eigenvalue weighted by Crippen LogP contribution is 2.08. The first-order valence-corrected chi connectivity index (χ1v) is 8.33. The van der Waals surface area contributed by atoms with Gasteiger partial charge in [0.2, 0.25) is 0 Å². The first-order chi connectivity index (χ1) is 11.6. The molecule has 3 rings (SSSR count). The summed E-state index contributed by atoms with van der Waals surface area (Å²) in [5.74, 6) is -0.720. The molecule has 0 bridgehead atoms. The molecule has 4 N–H and O–H groups in total. The number of rotatable bonds is 3. The Balaban J connectivity index is 0.000000219. The van der Waals surface area contributed by atoms with E-state index in [1.807, 2.05) is 6.07 Å². The molecule has 0 aliphatic carbocycles. The Morgan fingerprint density at radius 2 is 1.83 bits per heavy atom. The van der Waals surface area contributed by atoms with Gasteiger partial charge in [0.25, 0.3) is 0 Å². The van der Waals surface area contributed by atoms with E-state index in [1.165, 1.54) is 5.56 Å². The molecule has 1 aromatic rings. The van der Waals surface area contributed by atoms with Crippen LogP contribution in [-0.2, 0) is 11.3 Å². The van der Waals surface area contributed by atoms with Crippen LogP contribution < -0.4 is 11.1 Å². The van der Waals surface area contributed by atoms with Gasteiger partial charge in [0.1, 0.15) is 6.04 Å². The van der Waals surface area contributed by atoms with Crippen molar-refractivity contribution in [2.45, 2.75) is 25.4 Å². The Labute approximate surface area is 142 Å². The van der Waals surface area contributed by atoms with E-state index in [-0.39, 0.29) is 12.1 Å². The summed E-state index contributed by atoms with van der Waals surface area (Å²) in [7, 11) is 0. The number of carbonyl (C=O) groups is 2. The van der Waals surface area contributed by atoms with Crippen molar-refractivity contribution in [1.82, 2.24) is 15.1 Å². The van der Waals surface area contributed by atoms with Gasteiger partial charge in [-0.1, -0.05) is 30.3 Å². The number of hydrogen-bond acceptors (Lipinski definition) is 4. The maximum Gasteiger partial charge on any atom is 0.320 e. The molecule has 2 heterocycles. The highest BCUT2D eigenvalue weighted by Gasteiger charge is 2.20. The van der Waals surface area contributed by atoms with Gasteiger partial charge in [-0.3, -0.25) is 9.69 Å². The smallest absolute Gasteiger partial charge is 0.320 e. The zero-order valence-corrected chi connectivity index (χ0v) is 13.9. The molecule has 2 aliphatic rings. The number of nitrogens with two attached hydrogens (primary N) is 1. The van der Waals surface area contributed by atoms with Crippen LogP contribution in [0.2, 0.25) is 0 Å². The fraction of sp³-hybridized carbons (Fsp3) is 0.529. The largest absolute Gasteiger partial charge is 0.480 e. The monoisotopic (exact) mass is 334 g/mol. The second-order valence-corrected chi connectivity index (χ2v) is 6.07. The van der Waals surface area contributed by atoms with Crippen LogP contribution in [0.1, 0.15) is 18.4 Å². The number of aliphatic carboxylic acids is 1. The third kappa shape index (κ3) is 5.82. The van der Waals surface area contributed by atoms with Crippen molar-refractivity contribution in [3.8, 4) is 0 Å². The lowest BCUT2D eigenvalue weighted by molar-refractivity contribution is -0.139. The van der Waals surface area contributed by atoms with Gasteiger partial charge < -0.3 is 21.1 Å². The van der Waals surface area contributed by atoms with Gasteiger partial charge >= 0.3 is 12.0 Å². The maximum absolute atomic E-state index is 10.9. The zero-order chi connectivity index (χ0) is 17.4. The fourth-order valence-electron chi connectivity index (χ4n) is 2.86. The van der Waals surface area contributed by atoms with Crippen molar-refractivity contribution >= 4 is 12.0 Å². The van der Waals surface area contributed by atoms with Crippen LogP contribution in [0.4, 0.5) is 4.79 Å². The number of amides is 2. The van der Waals surface area contributed by atoms with E-state index in [0.29, 0.717) is 0 Å². The van der Waals surface area contributed by atoms with E-state index in [1.54, 1.807) is 4.90 Å². The second-order valence-electron chi connectivity index (χ2n) is 6.07. The molecule has 2 amide bonds. The molecule has 2 aliphatic heterocycles. The van der Waals surface area contributed by atoms with Crippen molar-refractivity contribution in [3.05, 3.63) is 35.9 Å². The predicted molar refractivity (Wildman–Crippen MR) is 91.5 cm³/mol. The molecule has 0 saturated carbocycles. The molecule has 0 aromatic heterocycles. The topological polar surface area (TPSA) is 98.9 Å². The van der Waals surface area contributed by atoms with E-state index >= 15 is 0 Å². The Hall–Kier alpha value is -2.12. The number of nitrogens with zero attached hydrogens (tertiary/aromatic N) is 2. The quantitative estimate of drug-likeness (QED) is 0.756. The average molecular weight is 334 g/mol. The lowest BCUT2D eigenvalue weighted by Crippen LogP contribution is -2.50. The summed E-state index contributed by atoms with van der Waals surface area (Å²) in [5.41, 5.74) is 6.55. The van der Waals surface area contributed by atoms with Gasteiger partial charge in [0.05, 0.1) is 0 Å². The number of hydrogen-bond donors (Lipinski definition) is 3. The van der Waals surface area contributed by atoms with Crippen molar-refractivity contribution in [1.29, 1.82) is 0 Å². The second kappa shape index (κ2) is 9.24. The molecule has 0 unspecified atom stereocenters. The number of carbonyl (C=O) groups excluding carboxylic acids is 1. The van der Waals surface area contributed by atoms with E-state index in [2.05, 4.69) is 34.5 Å². The Morgan fingerprint density at radius 1 is 1.17 bits per heavy atom.